The van der Waals surface area contributed by atoms with Crippen LogP contribution in [0, 0.1) is 77.0 Å². The Hall–Kier alpha value is -3.73. The van der Waals surface area contributed by atoms with Gasteiger partial charge in [-0.3, -0.25) is 4.98 Å². The standard InChI is InChI=1S/4C13H15N.3C11H14.C10H13N.4C2H6.4CH3.4Y/c2*1-9-2-4-11-10(8-9)3-5-13-12(11)6-7-14-13;2*1-9-2-3-10-8-13-11(4-5-14-13)7-12(10)6-9;3*1-9-6-7-10-4-2-3-5-11(10)8-9;1-8-4-5-9-3-2-6-11-10(9)7-8;4*1-2;;;;;;;;/h2*3,5-7,9,14H,2,4,8H2,1H3;2*4-5,7-9,14H,2-3,6H2,1H3;3*2-5,9H,6-8H2,1H3;2-3,6,8H,4-5,7H2,1H3;4*1-2H3;4*1H3;;;;/q;;;;;;;;;;;;4*-1;;;;. The molecule has 116 heavy (non-hydrogen) atoms. The van der Waals surface area contributed by atoms with Crippen molar-refractivity contribution in [3.8, 4) is 0 Å². The minimum atomic E-state index is 0. The van der Waals surface area contributed by atoms with Crippen LogP contribution in [-0.4, -0.2) is 24.9 Å². The smallest absolute Gasteiger partial charge is 0.0456 e. The molecule has 7 aromatic carbocycles. The fourth-order valence-corrected chi connectivity index (χ4v) is 17.5. The molecular weight excluding hydrogens is 1710 g/mol. The minimum Gasteiger partial charge on any atom is -0.361 e. The number of pyridine rings is 1. The number of benzene rings is 7. The summed E-state index contributed by atoms with van der Waals surface area (Å²) in [6, 6.07) is 57.9. The Balaban J connectivity index is 0.000000649. The van der Waals surface area contributed by atoms with Gasteiger partial charge in [0, 0.05) is 200 Å². The number of aromatic nitrogens is 5. The Bertz CT molecular complexity index is 4210. The first-order chi connectivity index (χ1) is 52.8. The molecule has 5 heterocycles. The number of aromatic amines is 4. The predicted molar refractivity (Wildman–Crippen MR) is 497 cm³/mol. The zero-order chi connectivity index (χ0) is 76.9. The topological polar surface area (TPSA) is 76.0 Å². The van der Waals surface area contributed by atoms with Gasteiger partial charge in [0.05, 0.1) is 0 Å². The average Bonchev–Trinajstić information content (AvgIpc) is 1.59. The number of hydrogen-bond donors (Lipinski definition) is 4. The molecule has 12 aromatic rings. The summed E-state index contributed by atoms with van der Waals surface area (Å²) in [5, 5.41) is 5.60. The molecule has 8 unspecified atom stereocenters. The molecular formula is C107H151N5Y4-4. The Morgan fingerprint density at radius 2 is 0.509 bits per heavy atom. The molecule has 0 aliphatic heterocycles. The number of rotatable bonds is 0. The van der Waals surface area contributed by atoms with Gasteiger partial charge in [-0.2, -0.15) is 0 Å². The molecule has 5 nitrogen and oxygen atoms in total. The van der Waals surface area contributed by atoms with E-state index in [0.29, 0.717) is 0 Å². The third kappa shape index (κ3) is 32.2. The van der Waals surface area contributed by atoms with Crippen molar-refractivity contribution >= 4 is 43.6 Å². The molecule has 9 heteroatoms. The van der Waals surface area contributed by atoms with Crippen molar-refractivity contribution in [2.24, 2.45) is 47.3 Å². The first-order valence-corrected chi connectivity index (χ1v) is 43.3. The van der Waals surface area contributed by atoms with Gasteiger partial charge in [0.15, 0.2) is 0 Å². The van der Waals surface area contributed by atoms with Crippen molar-refractivity contribution in [3.05, 3.63) is 308 Å². The van der Waals surface area contributed by atoms with E-state index < -0.39 is 0 Å². The maximum absolute atomic E-state index is 4.37. The van der Waals surface area contributed by atoms with Crippen molar-refractivity contribution in [2.45, 2.75) is 265 Å². The zero-order valence-corrected chi connectivity index (χ0v) is 87.6. The molecule has 5 aromatic heterocycles. The van der Waals surface area contributed by atoms with Gasteiger partial charge < -0.3 is 49.6 Å². The molecule has 0 bridgehead atoms. The van der Waals surface area contributed by atoms with Gasteiger partial charge in [-0.05, 0) is 362 Å². The fourth-order valence-electron chi connectivity index (χ4n) is 17.5. The van der Waals surface area contributed by atoms with E-state index in [4.69, 9.17) is 0 Å². The van der Waals surface area contributed by atoms with E-state index in [1.807, 2.05) is 92.4 Å². The first-order valence-electron chi connectivity index (χ1n) is 43.3. The Morgan fingerprint density at radius 1 is 0.241 bits per heavy atom. The number of aryl methyl sites for hydroxylation is 8. The van der Waals surface area contributed by atoms with Crippen molar-refractivity contribution in [3.63, 3.8) is 0 Å². The molecule has 4 N–H and O–H groups in total. The van der Waals surface area contributed by atoms with Gasteiger partial charge in [-0.25, -0.2) is 0 Å². The Kier molecular flexibility index (Phi) is 55.5. The molecule has 8 aliphatic carbocycles. The van der Waals surface area contributed by atoms with Gasteiger partial charge >= 0.3 is 0 Å². The van der Waals surface area contributed by atoms with Gasteiger partial charge in [0.2, 0.25) is 0 Å². The molecule has 0 saturated carbocycles. The normalized spacial score (nSPS) is 19.0. The third-order valence-corrected chi connectivity index (χ3v) is 23.7. The summed E-state index contributed by atoms with van der Waals surface area (Å²) in [7, 11) is 0. The molecule has 0 spiro atoms. The van der Waals surface area contributed by atoms with Crippen molar-refractivity contribution in [1.29, 1.82) is 0 Å². The van der Waals surface area contributed by atoms with E-state index in [9.17, 15) is 0 Å². The van der Waals surface area contributed by atoms with Crippen LogP contribution >= 0.6 is 0 Å². The molecule has 0 amide bonds. The van der Waals surface area contributed by atoms with Gasteiger partial charge in [0.25, 0.3) is 0 Å². The van der Waals surface area contributed by atoms with Crippen LogP contribution in [0.2, 0.25) is 0 Å². The van der Waals surface area contributed by atoms with E-state index in [1.165, 1.54) is 209 Å². The van der Waals surface area contributed by atoms with E-state index >= 15 is 0 Å². The molecule has 4 radical (unpaired) electrons. The van der Waals surface area contributed by atoms with Gasteiger partial charge in [0.1, 0.15) is 0 Å². The van der Waals surface area contributed by atoms with E-state index in [2.05, 4.69) is 232 Å². The Morgan fingerprint density at radius 3 is 0.862 bits per heavy atom. The summed E-state index contributed by atoms with van der Waals surface area (Å²) in [6.45, 7) is 34.7. The van der Waals surface area contributed by atoms with Crippen LogP contribution in [0.1, 0.15) is 251 Å². The third-order valence-electron chi connectivity index (χ3n) is 23.7. The van der Waals surface area contributed by atoms with Crippen LogP contribution < -0.4 is 0 Å². The van der Waals surface area contributed by atoms with Crippen molar-refractivity contribution in [2.75, 3.05) is 0 Å². The number of H-pyrrole nitrogens is 4. The largest absolute Gasteiger partial charge is 0.361 e. The first kappa shape index (κ1) is 110. The van der Waals surface area contributed by atoms with Crippen LogP contribution in [0.25, 0.3) is 43.6 Å². The second-order valence-corrected chi connectivity index (χ2v) is 32.4. The number of fused-ring (bicyclic) bond motifs is 14. The van der Waals surface area contributed by atoms with Gasteiger partial charge in [-0.1, -0.05) is 202 Å². The summed E-state index contributed by atoms with van der Waals surface area (Å²) < 4.78 is 0. The van der Waals surface area contributed by atoms with Crippen LogP contribution in [-0.2, 0) is 234 Å². The Labute approximate surface area is 809 Å². The van der Waals surface area contributed by atoms with E-state index in [1.54, 1.807) is 77.9 Å². The van der Waals surface area contributed by atoms with Crippen LogP contribution in [0.15, 0.2) is 189 Å². The predicted octanol–water partition coefficient (Wildman–Crippen LogP) is 29.7. The second-order valence-electron chi connectivity index (χ2n) is 32.4. The summed E-state index contributed by atoms with van der Waals surface area (Å²) in [4.78, 5) is 17.5. The van der Waals surface area contributed by atoms with Crippen molar-refractivity contribution in [1.82, 2.24) is 24.9 Å². The maximum atomic E-state index is 4.37. The van der Waals surface area contributed by atoms with Crippen LogP contribution in [0.4, 0.5) is 0 Å². The average molecular weight is 1860 g/mol. The molecule has 0 saturated heterocycles. The quantitative estimate of drug-likeness (QED) is 0.112. The number of nitrogens with zero attached hydrogens (tertiary/aromatic N) is 1. The van der Waals surface area contributed by atoms with Crippen molar-refractivity contribution < 1.29 is 131 Å². The fraction of sp³-hybridized carbons (Fsp3) is 0.449. The maximum Gasteiger partial charge on any atom is 0.0456 e. The summed E-state index contributed by atoms with van der Waals surface area (Å²) in [5.41, 5.74) is 29.9. The van der Waals surface area contributed by atoms with Crippen LogP contribution in [0.5, 0.6) is 0 Å². The van der Waals surface area contributed by atoms with E-state index in [0.717, 1.165) is 47.3 Å². The molecule has 8 aliphatic rings. The molecule has 8 atom stereocenters. The number of hydrogen-bond acceptors (Lipinski definition) is 1. The monoisotopic (exact) mass is 1860 g/mol. The second kappa shape index (κ2) is 58.3. The minimum absolute atomic E-state index is 0. The SMILES string of the molecule is CC.CC.CC.CC.CC1CCc2c(ccc3[nH]ccc23)C1.CC1CCc2c(ccc3[nH]ccc23)C1.CC1CCc2cc3[nH]ccc3cc2C1.CC1CCc2cc3[nH]ccc3cc2C1.CC1CCc2ccccc2C1.CC1CCc2ccccc2C1.CC1CCc2ccccc2C1.CC1CCc2cccnc2C1.[CH3-].[CH3-].[CH3-].[CH3-].[Y].[Y].[Y].[Y]. The molecule has 0 fully saturated rings. The number of nitrogens with one attached hydrogen (secondary N) is 4. The zero-order valence-electron chi connectivity index (χ0n) is 76.2. The summed E-state index contributed by atoms with van der Waals surface area (Å²) in [6.07, 6.45) is 41.1. The molecule has 620 valence electrons. The molecule has 20 rings (SSSR count). The van der Waals surface area contributed by atoms with E-state index in [-0.39, 0.29) is 161 Å². The van der Waals surface area contributed by atoms with Crippen LogP contribution in [0.3, 0.4) is 0 Å². The summed E-state index contributed by atoms with van der Waals surface area (Å²) >= 11 is 0. The summed E-state index contributed by atoms with van der Waals surface area (Å²) in [5.74, 6) is 6.95. The van der Waals surface area contributed by atoms with Gasteiger partial charge in [-0.15, -0.1) is 0 Å².